The van der Waals surface area contributed by atoms with Crippen molar-refractivity contribution in [1.82, 2.24) is 0 Å². The second-order valence-electron chi connectivity index (χ2n) is 11.5. The summed E-state index contributed by atoms with van der Waals surface area (Å²) in [5.41, 5.74) is 2.49. The summed E-state index contributed by atoms with van der Waals surface area (Å²) in [4.78, 5) is 25.0. The molecule has 7 nitrogen and oxygen atoms in total. The van der Waals surface area contributed by atoms with Crippen molar-refractivity contribution in [3.8, 4) is 0 Å². The molecule has 0 spiro atoms. The van der Waals surface area contributed by atoms with Gasteiger partial charge in [-0.2, -0.15) is 0 Å². The van der Waals surface area contributed by atoms with Gasteiger partial charge in [0.1, 0.15) is 12.2 Å². The lowest BCUT2D eigenvalue weighted by atomic mass is 9.94. The SMILES string of the molecule is CC(C=Cc1cccc(C=CC(=O)OC2CCCC(=O)OC(C(C)C)CC=CCC2C)c1)=CC(O)C(O)CC(C)O. The summed E-state index contributed by atoms with van der Waals surface area (Å²) < 4.78 is 11.5. The maximum Gasteiger partial charge on any atom is 0.331 e. The van der Waals surface area contributed by atoms with Gasteiger partial charge in [-0.05, 0) is 68.2 Å². The fourth-order valence-corrected chi connectivity index (χ4v) is 4.56. The highest BCUT2D eigenvalue weighted by Crippen LogP contribution is 2.22. The standard InChI is InChI=1S/C34H48O7/c1-23(2)31-13-7-6-10-25(4)32(14-9-15-33(38)40-31)41-34(39)19-18-28-12-8-11-27(22-28)17-16-24(3)20-29(36)30(37)21-26(5)35/h6-8,11-12,16-20,22-23,25-26,29-32,35-37H,9-10,13-15,21H2,1-5H3. The van der Waals surface area contributed by atoms with Crippen LogP contribution in [0.15, 0.2) is 60.2 Å². The quantitative estimate of drug-likeness (QED) is 0.142. The summed E-state index contributed by atoms with van der Waals surface area (Å²) in [5, 5.41) is 29.4. The molecule has 0 saturated heterocycles. The molecular weight excluding hydrogens is 520 g/mol. The Morgan fingerprint density at radius 1 is 1.07 bits per heavy atom. The van der Waals surface area contributed by atoms with Gasteiger partial charge in [-0.1, -0.05) is 74.9 Å². The zero-order chi connectivity index (χ0) is 30.4. The van der Waals surface area contributed by atoms with Crippen molar-refractivity contribution >= 4 is 24.1 Å². The van der Waals surface area contributed by atoms with Crippen molar-refractivity contribution in [3.05, 3.63) is 71.3 Å². The van der Waals surface area contributed by atoms with Crippen LogP contribution in [-0.4, -0.2) is 57.8 Å². The number of ether oxygens (including phenoxy) is 2. The molecule has 1 aliphatic rings. The molecule has 0 amide bonds. The maximum absolute atomic E-state index is 12.7. The second-order valence-corrected chi connectivity index (χ2v) is 11.5. The number of allylic oxidation sites excluding steroid dienone is 3. The largest absolute Gasteiger partial charge is 0.462 e. The first-order chi connectivity index (χ1) is 19.4. The van der Waals surface area contributed by atoms with Crippen LogP contribution in [0.4, 0.5) is 0 Å². The molecule has 0 aliphatic carbocycles. The monoisotopic (exact) mass is 568 g/mol. The topological polar surface area (TPSA) is 113 Å². The number of benzene rings is 1. The number of aliphatic hydroxyl groups is 3. The van der Waals surface area contributed by atoms with Crippen LogP contribution in [0.2, 0.25) is 0 Å². The summed E-state index contributed by atoms with van der Waals surface area (Å²) in [6, 6.07) is 7.62. The van der Waals surface area contributed by atoms with Gasteiger partial charge in [0.05, 0.1) is 18.3 Å². The maximum atomic E-state index is 12.7. The van der Waals surface area contributed by atoms with Gasteiger partial charge >= 0.3 is 11.9 Å². The van der Waals surface area contributed by atoms with Crippen molar-refractivity contribution in [3.63, 3.8) is 0 Å². The number of hydrogen-bond donors (Lipinski definition) is 3. The van der Waals surface area contributed by atoms with Crippen LogP contribution >= 0.6 is 0 Å². The molecular formula is C34H48O7. The van der Waals surface area contributed by atoms with Gasteiger partial charge in [-0.25, -0.2) is 4.79 Å². The highest BCUT2D eigenvalue weighted by atomic mass is 16.5. The van der Waals surface area contributed by atoms with E-state index in [1.165, 1.54) is 6.08 Å². The number of rotatable bonds is 10. The Labute approximate surface area is 245 Å². The van der Waals surface area contributed by atoms with E-state index in [4.69, 9.17) is 9.47 Å². The summed E-state index contributed by atoms with van der Waals surface area (Å²) >= 11 is 0. The van der Waals surface area contributed by atoms with E-state index in [0.29, 0.717) is 25.7 Å². The van der Waals surface area contributed by atoms with Gasteiger partial charge in [0.25, 0.3) is 0 Å². The number of cyclic esters (lactones) is 1. The zero-order valence-electron chi connectivity index (χ0n) is 25.1. The Balaban J connectivity index is 2.00. The summed E-state index contributed by atoms with van der Waals surface area (Å²) in [5.74, 6) is -0.263. The lowest BCUT2D eigenvalue weighted by Crippen LogP contribution is -2.27. The predicted octanol–water partition coefficient (Wildman–Crippen LogP) is 5.79. The normalized spacial score (nSPS) is 23.6. The Hall–Kier alpha value is -3.00. The number of carbonyl (C=O) groups excluding carboxylic acids is 2. The molecule has 7 heteroatoms. The highest BCUT2D eigenvalue weighted by Gasteiger charge is 2.23. The fraction of sp³-hybridized carbons (Fsp3) is 0.529. The van der Waals surface area contributed by atoms with E-state index in [1.807, 2.05) is 43.3 Å². The van der Waals surface area contributed by atoms with Crippen LogP contribution in [0.25, 0.3) is 12.2 Å². The van der Waals surface area contributed by atoms with E-state index in [-0.39, 0.29) is 36.4 Å². The molecule has 6 unspecified atom stereocenters. The Bertz CT molecular complexity index is 1080. The second kappa shape index (κ2) is 17.7. The average Bonchev–Trinajstić information content (AvgIpc) is 2.90. The van der Waals surface area contributed by atoms with Gasteiger partial charge in [0.2, 0.25) is 0 Å². The molecule has 41 heavy (non-hydrogen) atoms. The van der Waals surface area contributed by atoms with E-state index in [1.54, 1.807) is 19.1 Å². The Morgan fingerprint density at radius 3 is 2.39 bits per heavy atom. The highest BCUT2D eigenvalue weighted by molar-refractivity contribution is 5.87. The molecule has 1 heterocycles. The molecule has 226 valence electrons. The van der Waals surface area contributed by atoms with Crippen molar-refractivity contribution < 1.29 is 34.4 Å². The third-order valence-electron chi connectivity index (χ3n) is 7.11. The van der Waals surface area contributed by atoms with Gasteiger partial charge in [-0.15, -0.1) is 0 Å². The first-order valence-electron chi connectivity index (χ1n) is 14.7. The molecule has 0 fully saturated rings. The number of hydrogen-bond acceptors (Lipinski definition) is 7. The first kappa shape index (κ1) is 34.2. The molecule has 1 aromatic carbocycles. The van der Waals surface area contributed by atoms with Gasteiger partial charge < -0.3 is 24.8 Å². The molecule has 3 N–H and O–H groups in total. The third kappa shape index (κ3) is 13.5. The van der Waals surface area contributed by atoms with Crippen LogP contribution in [-0.2, 0) is 19.1 Å². The van der Waals surface area contributed by atoms with Crippen molar-refractivity contribution in [2.75, 3.05) is 0 Å². The number of carbonyl (C=O) groups is 2. The lowest BCUT2D eigenvalue weighted by Gasteiger charge is -2.24. The zero-order valence-corrected chi connectivity index (χ0v) is 25.1. The first-order valence-corrected chi connectivity index (χ1v) is 14.7. The summed E-state index contributed by atoms with van der Waals surface area (Å²) in [6.07, 6.45) is 12.3. The molecule has 0 saturated carbocycles. The minimum Gasteiger partial charge on any atom is -0.462 e. The predicted molar refractivity (Wildman–Crippen MR) is 163 cm³/mol. The molecule has 1 aliphatic heterocycles. The molecule has 0 bridgehead atoms. The minimum atomic E-state index is -1.07. The molecule has 0 aromatic heterocycles. The van der Waals surface area contributed by atoms with E-state index in [2.05, 4.69) is 32.9 Å². The lowest BCUT2D eigenvalue weighted by molar-refractivity contribution is -0.151. The summed E-state index contributed by atoms with van der Waals surface area (Å²) in [7, 11) is 0. The van der Waals surface area contributed by atoms with Crippen LogP contribution < -0.4 is 0 Å². The van der Waals surface area contributed by atoms with Crippen LogP contribution in [0.1, 0.15) is 84.3 Å². The van der Waals surface area contributed by atoms with Crippen molar-refractivity contribution in [2.24, 2.45) is 11.8 Å². The van der Waals surface area contributed by atoms with Crippen LogP contribution in [0, 0.1) is 11.8 Å². The Kier molecular flexibility index (Phi) is 14.8. The fourth-order valence-electron chi connectivity index (χ4n) is 4.56. The number of aliphatic hydroxyl groups excluding tert-OH is 3. The van der Waals surface area contributed by atoms with Gasteiger partial charge in [0.15, 0.2) is 0 Å². The molecule has 2 rings (SSSR count). The van der Waals surface area contributed by atoms with Crippen LogP contribution in [0.5, 0.6) is 0 Å². The summed E-state index contributed by atoms with van der Waals surface area (Å²) in [6.45, 7) is 9.55. The molecule has 6 atom stereocenters. The van der Waals surface area contributed by atoms with E-state index < -0.39 is 24.3 Å². The van der Waals surface area contributed by atoms with E-state index in [0.717, 1.165) is 23.1 Å². The van der Waals surface area contributed by atoms with E-state index >= 15 is 0 Å². The minimum absolute atomic E-state index is 0.0929. The smallest absolute Gasteiger partial charge is 0.331 e. The Morgan fingerprint density at radius 2 is 1.73 bits per heavy atom. The third-order valence-corrected chi connectivity index (χ3v) is 7.11. The van der Waals surface area contributed by atoms with Crippen molar-refractivity contribution in [2.45, 2.75) is 104 Å². The van der Waals surface area contributed by atoms with Crippen molar-refractivity contribution in [1.29, 1.82) is 0 Å². The number of esters is 2. The molecule has 0 radical (unpaired) electrons. The van der Waals surface area contributed by atoms with E-state index in [9.17, 15) is 24.9 Å². The van der Waals surface area contributed by atoms with Gasteiger partial charge in [0, 0.05) is 25.3 Å². The molecule has 1 aromatic rings. The van der Waals surface area contributed by atoms with Crippen LogP contribution in [0.3, 0.4) is 0 Å². The van der Waals surface area contributed by atoms with Gasteiger partial charge in [-0.3, -0.25) is 4.79 Å². The average molecular weight is 569 g/mol.